The molecule has 34 heteroatoms. The van der Waals surface area contributed by atoms with Crippen molar-refractivity contribution in [2.45, 2.75) is 290 Å². The van der Waals surface area contributed by atoms with Gasteiger partial charge in [0.1, 0.15) is 0 Å². The molecule has 2 saturated heterocycles. The maximum atomic E-state index is 15.6. The fraction of sp³-hybridized carbons (Fsp3) is 0.937. The number of allylic oxidation sites excluding steroid dienone is 1. The van der Waals surface area contributed by atoms with Gasteiger partial charge in [-0.05, 0) is 175 Å². The van der Waals surface area contributed by atoms with Gasteiger partial charge >= 0.3 is 72.1 Å². The van der Waals surface area contributed by atoms with Crippen molar-refractivity contribution < 1.29 is 152 Å². The summed E-state index contributed by atoms with van der Waals surface area (Å²) in [7, 11) is 0. The molecule has 568 valence electrons. The Labute approximate surface area is 543 Å². The molecule has 2 heterocycles. The molecular weight excluding hydrogens is 1380 g/mol. The van der Waals surface area contributed by atoms with Crippen molar-refractivity contribution in [2.24, 2.45) is 63.6 Å². The number of halogens is 28. The minimum Gasteiger partial charge on any atom is -0.378 e. The van der Waals surface area contributed by atoms with E-state index >= 15 is 17.6 Å². The highest BCUT2D eigenvalue weighted by atomic mass is 19.5. The molecule has 6 saturated carbocycles. The molecule has 97 heavy (non-hydrogen) atoms. The summed E-state index contributed by atoms with van der Waals surface area (Å²) in [5.41, 5.74) is -18.3. The molecule has 0 amide bonds. The number of aliphatic hydroxyl groups is 2. The molecule has 0 aromatic rings. The van der Waals surface area contributed by atoms with Crippen molar-refractivity contribution in [3.63, 3.8) is 0 Å². The summed E-state index contributed by atoms with van der Waals surface area (Å²) >= 11 is 0. The molecular formula is C63H84F28O6. The van der Waals surface area contributed by atoms with E-state index in [1.807, 2.05) is 13.8 Å². The van der Waals surface area contributed by atoms with Crippen LogP contribution in [0, 0.1) is 63.6 Å². The summed E-state index contributed by atoms with van der Waals surface area (Å²) in [6.07, 6.45) is -18.8. The van der Waals surface area contributed by atoms with Gasteiger partial charge in [0, 0.05) is 31.0 Å². The van der Waals surface area contributed by atoms with Gasteiger partial charge in [0.2, 0.25) is 11.2 Å². The van der Waals surface area contributed by atoms with Crippen LogP contribution in [0.2, 0.25) is 0 Å². The van der Waals surface area contributed by atoms with Crippen LogP contribution in [-0.4, -0.2) is 131 Å². The zero-order valence-corrected chi connectivity index (χ0v) is 53.7. The van der Waals surface area contributed by atoms with Gasteiger partial charge in [-0.1, -0.05) is 65.5 Å². The second-order valence-corrected chi connectivity index (χ2v) is 28.9. The molecule has 15 atom stereocenters. The third kappa shape index (κ3) is 13.8. The number of ether oxygens (including phenoxy) is 4. The first-order valence-electron chi connectivity index (χ1n) is 32.4. The third-order valence-electron chi connectivity index (χ3n) is 23.4. The van der Waals surface area contributed by atoms with Crippen molar-refractivity contribution in [1.82, 2.24) is 0 Å². The fourth-order valence-corrected chi connectivity index (χ4v) is 17.8. The van der Waals surface area contributed by atoms with Gasteiger partial charge in [0.15, 0.2) is 12.6 Å². The predicted molar refractivity (Wildman–Crippen MR) is 292 cm³/mol. The second-order valence-electron chi connectivity index (χ2n) is 28.9. The van der Waals surface area contributed by atoms with Crippen LogP contribution in [0.25, 0.3) is 0 Å². The lowest BCUT2D eigenvalue weighted by Gasteiger charge is -2.56. The summed E-state index contributed by atoms with van der Waals surface area (Å²) < 4.78 is 413. The summed E-state index contributed by atoms with van der Waals surface area (Å²) in [4.78, 5) is 0. The van der Waals surface area contributed by atoms with E-state index in [0.717, 1.165) is 32.3 Å². The Kier molecular flexibility index (Phi) is 23.8. The molecule has 2 N–H and O–H groups in total. The molecule has 8 aliphatic rings. The Balaban J connectivity index is 0.000000266. The predicted octanol–water partition coefficient (Wildman–Crippen LogP) is 21.0. The summed E-state index contributed by atoms with van der Waals surface area (Å²) in [5, 5.41) is 21.1. The molecule has 6 nitrogen and oxygen atoms in total. The van der Waals surface area contributed by atoms with Crippen LogP contribution in [0.3, 0.4) is 0 Å². The molecule has 0 spiro atoms. The van der Waals surface area contributed by atoms with Crippen LogP contribution in [0.1, 0.15) is 182 Å². The van der Waals surface area contributed by atoms with Crippen LogP contribution in [0.15, 0.2) is 25.3 Å². The van der Waals surface area contributed by atoms with E-state index in [1.165, 1.54) is 39.0 Å². The molecule has 8 fully saturated rings. The van der Waals surface area contributed by atoms with Crippen LogP contribution in [-0.2, 0) is 18.9 Å². The zero-order valence-electron chi connectivity index (χ0n) is 53.7. The lowest BCUT2D eigenvalue weighted by atomic mass is 9.53. The Bertz CT molecular complexity index is 2570. The molecule has 8 rings (SSSR count). The van der Waals surface area contributed by atoms with E-state index in [9.17, 15) is 116 Å². The quantitative estimate of drug-likeness (QED) is 0.0881. The highest BCUT2D eigenvalue weighted by Gasteiger charge is 2.96. The second kappa shape index (κ2) is 27.7. The molecule has 0 aromatic heterocycles. The van der Waals surface area contributed by atoms with E-state index in [2.05, 4.69) is 26.2 Å². The zero-order chi connectivity index (χ0) is 74.3. The van der Waals surface area contributed by atoms with Crippen LogP contribution < -0.4 is 0 Å². The van der Waals surface area contributed by atoms with E-state index in [4.69, 9.17) is 18.9 Å². The largest absolute Gasteiger partial charge is 0.459 e. The number of fused-ring (bicyclic) bond motifs is 4. The van der Waals surface area contributed by atoms with E-state index in [0.29, 0.717) is 50.7 Å². The lowest BCUT2D eigenvalue weighted by Crippen LogP contribution is -2.79. The Hall–Kier alpha value is -2.72. The smallest absolute Gasteiger partial charge is 0.378 e. The molecule has 4 bridgehead atoms. The topological polar surface area (TPSA) is 77.4 Å². The Morgan fingerprint density at radius 1 is 0.505 bits per heavy atom. The number of rotatable bonds is 21. The SMILES string of the molecule is C=CC12CCC(CC1C(O)(C(F)(F)C(F)(F)C(F)(F)F)C(F)(F)C(F)(F)C(F)(F)F)C2.C=CC1CCCCC1(C)OC1CCCCO1.CCC(C)(CC(C)C12CCC(CC1C(O)(C(F)(F)C(F)(F)C(F)(F)F)C(F)(F)C(F)(F)C(F)(F)F)C2)C1CCCC(OC2CCCCO2)C1C. The van der Waals surface area contributed by atoms with Gasteiger partial charge in [0.25, 0.3) is 0 Å². The maximum absolute atomic E-state index is 15.6. The maximum Gasteiger partial charge on any atom is 0.459 e. The lowest BCUT2D eigenvalue weighted by molar-refractivity contribution is -0.462. The van der Waals surface area contributed by atoms with Gasteiger partial charge < -0.3 is 29.2 Å². The van der Waals surface area contributed by atoms with Gasteiger partial charge in [-0.3, -0.25) is 0 Å². The van der Waals surface area contributed by atoms with Gasteiger partial charge in [-0.15, -0.1) is 13.2 Å². The standard InChI is InChI=1S/C33H46F14O3.C16H14F14O.C14H24O2/c1-5-25(4,21-9-8-10-22(19(21)3)50-24-11-6-7-14-49-24)16-18(2)26-13-12-20(17-26)15-23(26)27(48,28(34,35)30(38,39)32(42,43)44)29(36,37)31(40,41)33(45,46)47;1-2-9-4-3-7(6-9)5-8(9)10(31,11(17,18)13(21,22)15(25,26)27)12(19,20)14(23,24)16(28,29)30;1-3-12-8-4-6-10-14(12,2)16-13-9-5-7-11-15-13/h18-24,48H,5-17H2,1-4H3;2,7-8,31H,1,3-6H2;3,12-13H,1,4-11H2,2H3. The first kappa shape index (κ1) is 83.2. The molecule has 0 radical (unpaired) electrons. The molecule has 15 unspecified atom stereocenters. The summed E-state index contributed by atoms with van der Waals surface area (Å²) in [5.74, 6) is -69.9. The highest BCUT2D eigenvalue weighted by molar-refractivity contribution is 5.27. The van der Waals surface area contributed by atoms with E-state index in [1.54, 1.807) is 6.92 Å². The van der Waals surface area contributed by atoms with Gasteiger partial charge in [0.05, 0.1) is 11.7 Å². The first-order chi connectivity index (χ1) is 43.8. The van der Waals surface area contributed by atoms with Crippen molar-refractivity contribution in [3.05, 3.63) is 25.3 Å². The number of hydrogen-bond donors (Lipinski definition) is 2. The Morgan fingerprint density at radius 2 is 0.928 bits per heavy atom. The average molecular weight is 1470 g/mol. The average Bonchev–Trinajstić information content (AvgIpc) is 1.67. The number of hydrogen-bond acceptors (Lipinski definition) is 6. The van der Waals surface area contributed by atoms with E-state index < -0.39 is 174 Å². The first-order valence-corrected chi connectivity index (χ1v) is 32.4. The Morgan fingerprint density at radius 3 is 1.33 bits per heavy atom. The monoisotopic (exact) mass is 1470 g/mol. The van der Waals surface area contributed by atoms with Crippen molar-refractivity contribution in [3.8, 4) is 0 Å². The van der Waals surface area contributed by atoms with Gasteiger partial charge in [-0.2, -0.15) is 123 Å². The van der Waals surface area contributed by atoms with Crippen LogP contribution in [0.4, 0.5) is 123 Å². The third-order valence-corrected chi connectivity index (χ3v) is 23.4. The molecule has 0 aromatic carbocycles. The minimum atomic E-state index is -7.63. The fourth-order valence-electron chi connectivity index (χ4n) is 17.8. The molecule has 2 aliphatic heterocycles. The minimum absolute atomic E-state index is 0.0128. The van der Waals surface area contributed by atoms with Crippen LogP contribution >= 0.6 is 0 Å². The number of alkyl halides is 28. The summed E-state index contributed by atoms with van der Waals surface area (Å²) in [6.45, 7) is 17.5. The van der Waals surface area contributed by atoms with Crippen molar-refractivity contribution >= 4 is 0 Å². The van der Waals surface area contributed by atoms with Crippen molar-refractivity contribution in [1.29, 1.82) is 0 Å². The van der Waals surface area contributed by atoms with Crippen molar-refractivity contribution in [2.75, 3.05) is 13.2 Å². The highest BCUT2D eigenvalue weighted by Crippen LogP contribution is 2.75. The normalized spacial score (nSPS) is 33.5. The van der Waals surface area contributed by atoms with Gasteiger partial charge in [-0.25, -0.2) is 0 Å². The van der Waals surface area contributed by atoms with Crippen LogP contribution in [0.5, 0.6) is 0 Å². The summed E-state index contributed by atoms with van der Waals surface area (Å²) in [6, 6.07) is 0. The van der Waals surface area contributed by atoms with E-state index in [-0.39, 0.29) is 49.1 Å². The molecule has 6 aliphatic carbocycles.